The maximum atomic E-state index is 13.0. The maximum Gasteiger partial charge on any atom is 0.243 e. The van der Waals surface area contributed by atoms with Crippen LogP contribution in [-0.2, 0) is 14.8 Å². The van der Waals surface area contributed by atoms with Gasteiger partial charge < -0.3 is 15.0 Å². The van der Waals surface area contributed by atoms with E-state index in [1.807, 2.05) is 42.2 Å². The highest BCUT2D eigenvalue weighted by Gasteiger charge is 2.36. The van der Waals surface area contributed by atoms with Gasteiger partial charge in [0.1, 0.15) is 5.75 Å². The molecule has 2 saturated heterocycles. The lowest BCUT2D eigenvalue weighted by molar-refractivity contribution is -0.135. The van der Waals surface area contributed by atoms with Crippen LogP contribution in [0.3, 0.4) is 0 Å². The smallest absolute Gasteiger partial charge is 0.243 e. The number of nitrogens with zero attached hydrogens (tertiary/aromatic N) is 2. The summed E-state index contributed by atoms with van der Waals surface area (Å²) >= 11 is 0. The first-order chi connectivity index (χ1) is 15.5. The average Bonchev–Trinajstić information content (AvgIpc) is 3.28. The fourth-order valence-corrected chi connectivity index (χ4v) is 5.94. The van der Waals surface area contributed by atoms with E-state index in [-0.39, 0.29) is 22.8 Å². The zero-order valence-corrected chi connectivity index (χ0v) is 19.3. The van der Waals surface area contributed by atoms with Gasteiger partial charge in [0.2, 0.25) is 15.9 Å². The van der Waals surface area contributed by atoms with E-state index in [1.165, 1.54) is 4.31 Å². The lowest BCUT2D eigenvalue weighted by Crippen LogP contribution is -2.44. The highest BCUT2D eigenvalue weighted by molar-refractivity contribution is 7.89. The Bertz CT molecular complexity index is 1000. The third-order valence-corrected chi connectivity index (χ3v) is 8.13. The second-order valence-electron chi connectivity index (χ2n) is 8.36. The van der Waals surface area contributed by atoms with Crippen molar-refractivity contribution in [2.45, 2.75) is 37.1 Å². The molecule has 172 valence electrons. The van der Waals surface area contributed by atoms with Gasteiger partial charge in [-0.2, -0.15) is 4.31 Å². The Balaban J connectivity index is 1.30. The lowest BCUT2D eigenvalue weighted by Gasteiger charge is -2.32. The van der Waals surface area contributed by atoms with Crippen molar-refractivity contribution < 1.29 is 17.9 Å². The molecule has 4 rings (SSSR count). The van der Waals surface area contributed by atoms with Crippen LogP contribution in [0.4, 0.5) is 5.69 Å². The van der Waals surface area contributed by atoms with E-state index >= 15 is 0 Å². The van der Waals surface area contributed by atoms with E-state index in [0.717, 1.165) is 18.7 Å². The molecule has 2 aromatic carbocycles. The van der Waals surface area contributed by atoms with Gasteiger partial charge >= 0.3 is 0 Å². The monoisotopic (exact) mass is 457 g/mol. The molecule has 2 aliphatic rings. The molecule has 2 aromatic rings. The summed E-state index contributed by atoms with van der Waals surface area (Å²) < 4.78 is 32.9. The third kappa shape index (κ3) is 5.07. The summed E-state index contributed by atoms with van der Waals surface area (Å²) in [6, 6.07) is 16.8. The summed E-state index contributed by atoms with van der Waals surface area (Å²) in [5.41, 5.74) is 1.07. The fourth-order valence-electron chi connectivity index (χ4n) is 4.47. The standard InChI is InChI=1S/C24H31N3O4S/c1-2-31-22-8-10-23(11-9-22)32(29,30)27-16-12-19(13-17-27)24(28)26-15-14-21(18-26)25-20-6-4-3-5-7-20/h3-11,19,21,25H,2,12-18H2,1H3. The normalized spacial score (nSPS) is 20.3. The van der Waals surface area contributed by atoms with Crippen LogP contribution in [0.2, 0.25) is 0 Å². The number of ether oxygens (including phenoxy) is 1. The number of anilines is 1. The minimum Gasteiger partial charge on any atom is -0.494 e. The molecular weight excluding hydrogens is 426 g/mol. The first-order valence-electron chi connectivity index (χ1n) is 11.3. The Morgan fingerprint density at radius 1 is 1.00 bits per heavy atom. The van der Waals surface area contributed by atoms with Crippen LogP contribution in [0.5, 0.6) is 5.75 Å². The number of rotatable bonds is 7. The molecule has 0 bridgehead atoms. The number of amides is 1. The maximum absolute atomic E-state index is 13.0. The van der Waals surface area contributed by atoms with Gasteiger partial charge in [-0.3, -0.25) is 4.79 Å². The molecule has 7 nitrogen and oxygen atoms in total. The van der Waals surface area contributed by atoms with Crippen LogP contribution in [0.15, 0.2) is 59.5 Å². The number of benzene rings is 2. The van der Waals surface area contributed by atoms with Crippen LogP contribution < -0.4 is 10.1 Å². The third-order valence-electron chi connectivity index (χ3n) is 6.22. The van der Waals surface area contributed by atoms with E-state index in [1.54, 1.807) is 24.3 Å². The topological polar surface area (TPSA) is 79.0 Å². The highest BCUT2D eigenvalue weighted by atomic mass is 32.2. The molecule has 2 aliphatic heterocycles. The van der Waals surface area contributed by atoms with Crippen molar-refractivity contribution in [1.29, 1.82) is 0 Å². The Morgan fingerprint density at radius 3 is 2.34 bits per heavy atom. The van der Waals surface area contributed by atoms with Gasteiger partial charge in [-0.1, -0.05) is 18.2 Å². The number of sulfonamides is 1. The number of hydrogen-bond donors (Lipinski definition) is 1. The number of hydrogen-bond acceptors (Lipinski definition) is 5. The minimum atomic E-state index is -3.56. The van der Waals surface area contributed by atoms with Crippen molar-refractivity contribution in [2.75, 3.05) is 38.1 Å². The van der Waals surface area contributed by atoms with Crippen molar-refractivity contribution in [3.8, 4) is 5.75 Å². The van der Waals surface area contributed by atoms with E-state index in [0.29, 0.717) is 44.8 Å². The van der Waals surface area contributed by atoms with Crippen LogP contribution in [0.25, 0.3) is 0 Å². The van der Waals surface area contributed by atoms with E-state index in [4.69, 9.17) is 4.74 Å². The molecule has 2 fully saturated rings. The van der Waals surface area contributed by atoms with E-state index < -0.39 is 10.0 Å². The molecule has 1 N–H and O–H groups in total. The molecule has 32 heavy (non-hydrogen) atoms. The molecule has 8 heteroatoms. The molecular formula is C24H31N3O4S. The van der Waals surface area contributed by atoms with Crippen LogP contribution in [0.1, 0.15) is 26.2 Å². The van der Waals surface area contributed by atoms with Crippen molar-refractivity contribution >= 4 is 21.6 Å². The first-order valence-corrected chi connectivity index (χ1v) is 12.7. The van der Waals surface area contributed by atoms with Gasteiger partial charge in [0.05, 0.1) is 11.5 Å². The van der Waals surface area contributed by atoms with Crippen molar-refractivity contribution in [3.05, 3.63) is 54.6 Å². The minimum absolute atomic E-state index is 0.114. The Labute approximate surface area is 190 Å². The van der Waals surface area contributed by atoms with E-state index in [2.05, 4.69) is 5.32 Å². The Hall–Kier alpha value is -2.58. The number of carbonyl (C=O) groups is 1. The molecule has 1 amide bonds. The van der Waals surface area contributed by atoms with Gasteiger partial charge in [-0.15, -0.1) is 0 Å². The van der Waals surface area contributed by atoms with Gasteiger partial charge in [0, 0.05) is 43.8 Å². The van der Waals surface area contributed by atoms with Crippen molar-refractivity contribution in [1.82, 2.24) is 9.21 Å². The van der Waals surface area contributed by atoms with E-state index in [9.17, 15) is 13.2 Å². The van der Waals surface area contributed by atoms with Crippen LogP contribution in [-0.4, -0.2) is 62.4 Å². The summed E-state index contributed by atoms with van der Waals surface area (Å²) in [5.74, 6) is 0.694. The Morgan fingerprint density at radius 2 is 1.69 bits per heavy atom. The SMILES string of the molecule is CCOc1ccc(S(=O)(=O)N2CCC(C(=O)N3CCC(Nc4ccccc4)C3)CC2)cc1. The number of likely N-dealkylation sites (tertiary alicyclic amines) is 1. The van der Waals surface area contributed by atoms with Gasteiger partial charge in [-0.05, 0) is 62.6 Å². The molecule has 0 aliphatic carbocycles. The van der Waals surface area contributed by atoms with Gasteiger partial charge in [0.15, 0.2) is 0 Å². The van der Waals surface area contributed by atoms with Gasteiger partial charge in [0.25, 0.3) is 0 Å². The second kappa shape index (κ2) is 9.92. The molecule has 0 aromatic heterocycles. The molecule has 1 unspecified atom stereocenters. The molecule has 0 spiro atoms. The predicted molar refractivity (Wildman–Crippen MR) is 124 cm³/mol. The second-order valence-corrected chi connectivity index (χ2v) is 10.3. The highest BCUT2D eigenvalue weighted by Crippen LogP contribution is 2.27. The van der Waals surface area contributed by atoms with Gasteiger partial charge in [-0.25, -0.2) is 8.42 Å². The molecule has 2 heterocycles. The number of para-hydroxylation sites is 1. The molecule has 0 radical (unpaired) electrons. The zero-order valence-electron chi connectivity index (χ0n) is 18.4. The number of carbonyl (C=O) groups excluding carboxylic acids is 1. The number of piperidine rings is 1. The van der Waals surface area contributed by atoms with Crippen molar-refractivity contribution in [3.63, 3.8) is 0 Å². The van der Waals surface area contributed by atoms with Crippen LogP contribution in [0, 0.1) is 5.92 Å². The fraction of sp³-hybridized carbons (Fsp3) is 0.458. The molecule has 0 saturated carbocycles. The molecule has 1 atom stereocenters. The van der Waals surface area contributed by atoms with Crippen molar-refractivity contribution in [2.24, 2.45) is 5.92 Å². The van der Waals surface area contributed by atoms with Crippen LogP contribution >= 0.6 is 0 Å². The summed E-state index contributed by atoms with van der Waals surface area (Å²) in [4.78, 5) is 15.2. The summed E-state index contributed by atoms with van der Waals surface area (Å²) in [6.07, 6.45) is 2.04. The number of nitrogens with one attached hydrogen (secondary N) is 1. The first kappa shape index (κ1) is 22.6. The summed E-state index contributed by atoms with van der Waals surface area (Å²) in [6.45, 7) is 4.59. The summed E-state index contributed by atoms with van der Waals surface area (Å²) in [7, 11) is -3.56. The predicted octanol–water partition coefficient (Wildman–Crippen LogP) is 3.20. The largest absolute Gasteiger partial charge is 0.494 e. The average molecular weight is 458 g/mol. The summed E-state index contributed by atoms with van der Waals surface area (Å²) in [5, 5.41) is 3.50. The zero-order chi connectivity index (χ0) is 22.6. The quantitative estimate of drug-likeness (QED) is 0.691. The Kier molecular flexibility index (Phi) is 7.01. The lowest BCUT2D eigenvalue weighted by atomic mass is 9.96.